The molecule has 0 aromatic heterocycles. The minimum Gasteiger partial charge on any atom is -1.00 e. The molecule has 0 spiro atoms. The number of carboxylic acids is 1. The Balaban J connectivity index is -0.000000333. The molecule has 0 heterocycles. The molecule has 1 atom stereocenters. The summed E-state index contributed by atoms with van der Waals surface area (Å²) in [5.41, 5.74) is 0.364. The van der Waals surface area contributed by atoms with Crippen LogP contribution in [0.2, 0.25) is 0 Å². The van der Waals surface area contributed by atoms with E-state index in [9.17, 15) is 4.79 Å². The summed E-state index contributed by atoms with van der Waals surface area (Å²) in [5.74, 6) is -0.870. The Hall–Kier alpha value is 1.49. The maximum Gasteiger partial charge on any atom is 1.00 e. The Labute approximate surface area is 132 Å². The molecule has 0 aliphatic carbocycles. The van der Waals surface area contributed by atoms with Gasteiger partial charge in [0.1, 0.15) is 0 Å². The van der Waals surface area contributed by atoms with Gasteiger partial charge in [-0.05, 0) is 34.7 Å². The van der Waals surface area contributed by atoms with E-state index in [1.807, 2.05) is 28.7 Å². The number of rotatable bonds is 1. The number of hydrogen-bond donors (Lipinski definition) is 1. The number of halogens is 1. The molecule has 0 radical (unpaired) electrons. The standard InChI is InChI=1S/C7H5IO2.K.H3P.H/c8-6-4-2-1-3-5(6)7(9)10;;;/h1-4H,(H,9,10);;1H3;/q;+1;;-1. The van der Waals surface area contributed by atoms with Gasteiger partial charge in [-0.25, -0.2) is 4.79 Å². The fourth-order valence-electron chi connectivity index (χ4n) is 0.635. The van der Waals surface area contributed by atoms with Gasteiger partial charge in [-0.1, -0.05) is 12.1 Å². The van der Waals surface area contributed by atoms with Gasteiger partial charge in [-0.3, -0.25) is 0 Å². The first-order chi connectivity index (χ1) is 4.72. The fourth-order valence-corrected chi connectivity index (χ4v) is 1.25. The van der Waals surface area contributed by atoms with Crippen molar-refractivity contribution >= 4 is 38.5 Å². The summed E-state index contributed by atoms with van der Waals surface area (Å²) in [7, 11) is 0. The molecule has 0 fully saturated rings. The number of carbonyl (C=O) groups is 1. The van der Waals surface area contributed by atoms with E-state index < -0.39 is 5.97 Å². The van der Waals surface area contributed by atoms with Crippen molar-refractivity contribution in [1.82, 2.24) is 0 Å². The molecule has 5 heteroatoms. The van der Waals surface area contributed by atoms with Crippen LogP contribution in [0.5, 0.6) is 0 Å². The van der Waals surface area contributed by atoms with Gasteiger partial charge in [-0.15, -0.1) is 0 Å². The molecule has 0 aliphatic heterocycles. The van der Waals surface area contributed by atoms with E-state index in [0.29, 0.717) is 5.56 Å². The van der Waals surface area contributed by atoms with E-state index in [1.165, 1.54) is 0 Å². The van der Waals surface area contributed by atoms with Gasteiger partial charge in [-0.2, -0.15) is 9.90 Å². The van der Waals surface area contributed by atoms with Crippen LogP contribution in [-0.2, 0) is 0 Å². The van der Waals surface area contributed by atoms with Crippen LogP contribution in [0.3, 0.4) is 0 Å². The number of benzene rings is 1. The van der Waals surface area contributed by atoms with E-state index in [-0.39, 0.29) is 62.7 Å². The monoisotopic (exact) mass is 322 g/mol. The van der Waals surface area contributed by atoms with Crippen molar-refractivity contribution in [2.24, 2.45) is 0 Å². The fraction of sp³-hybridized carbons (Fsp3) is 0. The molecule has 12 heavy (non-hydrogen) atoms. The Morgan fingerprint density at radius 1 is 1.42 bits per heavy atom. The summed E-state index contributed by atoms with van der Waals surface area (Å²) in [6.07, 6.45) is 0. The van der Waals surface area contributed by atoms with Crippen LogP contribution in [0.25, 0.3) is 0 Å². The van der Waals surface area contributed by atoms with Crippen LogP contribution in [0.4, 0.5) is 0 Å². The zero-order chi connectivity index (χ0) is 7.56. The minimum absolute atomic E-state index is 0. The SMILES string of the molecule is O=C(O)c1ccccc1I.P.[H-].[K+]. The number of hydrogen-bond acceptors (Lipinski definition) is 1. The van der Waals surface area contributed by atoms with Gasteiger partial charge < -0.3 is 6.53 Å². The molecule has 1 aromatic rings. The predicted molar refractivity (Wildman–Crippen MR) is 58.3 cm³/mol. The summed E-state index contributed by atoms with van der Waals surface area (Å²) >= 11 is 1.99. The van der Waals surface area contributed by atoms with Crippen LogP contribution in [-0.4, -0.2) is 11.1 Å². The largest absolute Gasteiger partial charge is 1.00 e. The minimum atomic E-state index is -0.870. The van der Waals surface area contributed by atoms with Crippen LogP contribution >= 0.6 is 32.5 Å². The third-order valence-corrected chi connectivity index (χ3v) is 2.04. The van der Waals surface area contributed by atoms with E-state index in [0.717, 1.165) is 3.57 Å². The smallest absolute Gasteiger partial charge is 1.00 e. The van der Waals surface area contributed by atoms with Crippen molar-refractivity contribution in [3.8, 4) is 0 Å². The van der Waals surface area contributed by atoms with Gasteiger partial charge in [0.05, 0.1) is 5.56 Å². The second-order valence-corrected chi connectivity index (χ2v) is 2.95. The first-order valence-corrected chi connectivity index (χ1v) is 3.77. The van der Waals surface area contributed by atoms with Gasteiger partial charge >= 0.3 is 57.4 Å². The normalized spacial score (nSPS) is 7.75. The van der Waals surface area contributed by atoms with E-state index >= 15 is 0 Å². The average molecular weight is 322 g/mol. The van der Waals surface area contributed by atoms with Gasteiger partial charge in [0.2, 0.25) is 0 Å². The van der Waals surface area contributed by atoms with Crippen molar-refractivity contribution in [2.45, 2.75) is 0 Å². The Morgan fingerprint density at radius 2 is 1.92 bits per heavy atom. The van der Waals surface area contributed by atoms with Crippen LogP contribution < -0.4 is 51.4 Å². The molecule has 1 aromatic carbocycles. The zero-order valence-corrected chi connectivity index (χ0v) is 13.4. The van der Waals surface area contributed by atoms with Crippen molar-refractivity contribution in [2.75, 3.05) is 0 Å². The second-order valence-electron chi connectivity index (χ2n) is 1.78. The third-order valence-electron chi connectivity index (χ3n) is 1.10. The molecule has 0 saturated carbocycles. The van der Waals surface area contributed by atoms with E-state index in [4.69, 9.17) is 5.11 Å². The maximum absolute atomic E-state index is 10.4. The van der Waals surface area contributed by atoms with Crippen molar-refractivity contribution in [1.29, 1.82) is 0 Å². The van der Waals surface area contributed by atoms with Gasteiger partial charge in [0.15, 0.2) is 0 Å². The molecular formula is C7H9IKO2P. The second kappa shape index (κ2) is 7.85. The Morgan fingerprint density at radius 3 is 2.25 bits per heavy atom. The van der Waals surface area contributed by atoms with Crippen LogP contribution in [0.15, 0.2) is 24.3 Å². The molecule has 0 aliphatic rings. The maximum atomic E-state index is 10.4. The van der Waals surface area contributed by atoms with Gasteiger partial charge in [0, 0.05) is 3.57 Å². The topological polar surface area (TPSA) is 37.3 Å². The summed E-state index contributed by atoms with van der Waals surface area (Å²) in [6.45, 7) is 0. The van der Waals surface area contributed by atoms with Crippen LogP contribution in [0.1, 0.15) is 11.8 Å². The quantitative estimate of drug-likeness (QED) is 0.416. The first-order valence-electron chi connectivity index (χ1n) is 2.69. The first kappa shape index (κ1) is 15.9. The summed E-state index contributed by atoms with van der Waals surface area (Å²) < 4.78 is 0.771. The number of carboxylic acid groups (broad SMARTS) is 1. The van der Waals surface area contributed by atoms with E-state index in [1.54, 1.807) is 18.2 Å². The molecule has 0 bridgehead atoms. The summed E-state index contributed by atoms with van der Waals surface area (Å²) in [5, 5.41) is 8.56. The molecule has 62 valence electrons. The summed E-state index contributed by atoms with van der Waals surface area (Å²) in [6, 6.07) is 6.88. The molecule has 1 unspecified atom stereocenters. The molecular weight excluding hydrogens is 313 g/mol. The summed E-state index contributed by atoms with van der Waals surface area (Å²) in [4.78, 5) is 10.4. The van der Waals surface area contributed by atoms with Crippen LogP contribution in [0, 0.1) is 3.57 Å². The zero-order valence-electron chi connectivity index (χ0n) is 7.75. The average Bonchev–Trinajstić information content (AvgIpc) is 1.88. The van der Waals surface area contributed by atoms with E-state index in [2.05, 4.69) is 0 Å². The molecule has 0 amide bonds. The predicted octanol–water partition coefficient (Wildman–Crippen LogP) is -0.836. The number of aromatic carboxylic acids is 1. The molecule has 1 rings (SSSR count). The Bertz CT molecular complexity index is 272. The Kier molecular flexibility index (Phi) is 10.4. The molecule has 0 saturated heterocycles. The molecule has 1 N–H and O–H groups in total. The van der Waals surface area contributed by atoms with Gasteiger partial charge in [0.25, 0.3) is 0 Å². The molecule has 2 nitrogen and oxygen atoms in total. The van der Waals surface area contributed by atoms with Crippen molar-refractivity contribution in [3.05, 3.63) is 33.4 Å². The van der Waals surface area contributed by atoms with Crippen molar-refractivity contribution < 1.29 is 62.7 Å². The third kappa shape index (κ3) is 4.65. The van der Waals surface area contributed by atoms with Crippen molar-refractivity contribution in [3.63, 3.8) is 0 Å².